The molecule has 3 heteroatoms. The molecule has 0 aliphatic carbocycles. The molecule has 2 heterocycles. The molecule has 1 fully saturated rings. The van der Waals surface area contributed by atoms with Crippen molar-refractivity contribution < 1.29 is 0 Å². The van der Waals surface area contributed by atoms with Gasteiger partial charge in [0.1, 0.15) is 0 Å². The lowest BCUT2D eigenvalue weighted by atomic mass is 9.96. The normalized spacial score (nSPS) is 23.0. The van der Waals surface area contributed by atoms with E-state index in [2.05, 4.69) is 38.4 Å². The SMILES string of the molecule is Brc1ccc(C2CCCNC2)nc1. The quantitative estimate of drug-likeness (QED) is 0.816. The van der Waals surface area contributed by atoms with Crippen molar-refractivity contribution in [3.8, 4) is 0 Å². The van der Waals surface area contributed by atoms with Gasteiger partial charge in [-0.05, 0) is 47.4 Å². The molecule has 0 aromatic carbocycles. The Hall–Kier alpha value is -0.410. The van der Waals surface area contributed by atoms with E-state index in [4.69, 9.17) is 0 Å². The van der Waals surface area contributed by atoms with Crippen molar-refractivity contribution in [2.24, 2.45) is 0 Å². The standard InChI is InChI=1S/C10H13BrN2/c11-9-3-4-10(13-7-9)8-2-1-5-12-6-8/h3-4,7-8,12H,1-2,5-6H2. The summed E-state index contributed by atoms with van der Waals surface area (Å²) in [5.41, 5.74) is 1.22. The van der Waals surface area contributed by atoms with Crippen molar-refractivity contribution in [1.29, 1.82) is 0 Å². The van der Waals surface area contributed by atoms with Crippen molar-refractivity contribution in [3.63, 3.8) is 0 Å². The molecule has 1 atom stereocenters. The zero-order valence-corrected chi connectivity index (χ0v) is 9.05. The van der Waals surface area contributed by atoms with Crippen LogP contribution in [0.5, 0.6) is 0 Å². The van der Waals surface area contributed by atoms with E-state index in [1.807, 2.05) is 6.20 Å². The summed E-state index contributed by atoms with van der Waals surface area (Å²) in [5.74, 6) is 0.613. The van der Waals surface area contributed by atoms with Crippen molar-refractivity contribution in [2.75, 3.05) is 13.1 Å². The molecule has 0 spiro atoms. The van der Waals surface area contributed by atoms with Gasteiger partial charge in [-0.3, -0.25) is 4.98 Å². The van der Waals surface area contributed by atoms with Crippen LogP contribution in [0.1, 0.15) is 24.5 Å². The van der Waals surface area contributed by atoms with Crippen LogP contribution in [0.15, 0.2) is 22.8 Å². The van der Waals surface area contributed by atoms with Gasteiger partial charge < -0.3 is 5.32 Å². The van der Waals surface area contributed by atoms with E-state index >= 15 is 0 Å². The molecule has 13 heavy (non-hydrogen) atoms. The Morgan fingerprint density at radius 2 is 2.38 bits per heavy atom. The van der Waals surface area contributed by atoms with Gasteiger partial charge in [0.15, 0.2) is 0 Å². The lowest BCUT2D eigenvalue weighted by molar-refractivity contribution is 0.454. The summed E-state index contributed by atoms with van der Waals surface area (Å²) in [7, 11) is 0. The zero-order chi connectivity index (χ0) is 9.10. The predicted molar refractivity (Wildman–Crippen MR) is 56.8 cm³/mol. The lowest BCUT2D eigenvalue weighted by Gasteiger charge is -2.21. The van der Waals surface area contributed by atoms with E-state index in [0.29, 0.717) is 5.92 Å². The minimum atomic E-state index is 0.613. The minimum Gasteiger partial charge on any atom is -0.316 e. The molecule has 1 aliphatic heterocycles. The van der Waals surface area contributed by atoms with Crippen LogP contribution in [0.2, 0.25) is 0 Å². The maximum Gasteiger partial charge on any atom is 0.0448 e. The van der Waals surface area contributed by atoms with Gasteiger partial charge in [0, 0.05) is 28.8 Å². The first-order valence-electron chi connectivity index (χ1n) is 4.68. The molecule has 1 aromatic heterocycles. The number of pyridine rings is 1. The Morgan fingerprint density at radius 1 is 1.46 bits per heavy atom. The van der Waals surface area contributed by atoms with Crippen molar-refractivity contribution >= 4 is 15.9 Å². The molecule has 0 radical (unpaired) electrons. The van der Waals surface area contributed by atoms with Crippen LogP contribution in [0, 0.1) is 0 Å². The topological polar surface area (TPSA) is 24.9 Å². The smallest absolute Gasteiger partial charge is 0.0448 e. The number of nitrogens with one attached hydrogen (secondary N) is 1. The van der Waals surface area contributed by atoms with Gasteiger partial charge in [-0.1, -0.05) is 0 Å². The first-order valence-corrected chi connectivity index (χ1v) is 5.48. The third-order valence-electron chi connectivity index (χ3n) is 2.47. The summed E-state index contributed by atoms with van der Waals surface area (Å²) in [6.45, 7) is 2.24. The first-order chi connectivity index (χ1) is 6.36. The maximum atomic E-state index is 4.42. The average molecular weight is 241 g/mol. The summed E-state index contributed by atoms with van der Waals surface area (Å²) >= 11 is 3.39. The first kappa shape index (κ1) is 9.16. The van der Waals surface area contributed by atoms with Crippen molar-refractivity contribution in [3.05, 3.63) is 28.5 Å². The van der Waals surface area contributed by atoms with Crippen LogP contribution in [-0.4, -0.2) is 18.1 Å². The van der Waals surface area contributed by atoms with Gasteiger partial charge in [0.25, 0.3) is 0 Å². The van der Waals surface area contributed by atoms with Crippen LogP contribution in [-0.2, 0) is 0 Å². The molecule has 1 unspecified atom stereocenters. The number of hydrogen-bond acceptors (Lipinski definition) is 2. The van der Waals surface area contributed by atoms with Gasteiger partial charge in [-0.25, -0.2) is 0 Å². The zero-order valence-electron chi connectivity index (χ0n) is 7.46. The van der Waals surface area contributed by atoms with Gasteiger partial charge in [0.05, 0.1) is 0 Å². The molecule has 2 rings (SSSR count). The highest BCUT2D eigenvalue weighted by molar-refractivity contribution is 9.10. The molecular formula is C10H13BrN2. The fourth-order valence-electron chi connectivity index (χ4n) is 1.73. The molecule has 70 valence electrons. The molecular weight excluding hydrogens is 228 g/mol. The molecule has 0 saturated carbocycles. The molecule has 1 aliphatic rings. The van der Waals surface area contributed by atoms with E-state index < -0.39 is 0 Å². The average Bonchev–Trinajstić information content (AvgIpc) is 2.20. The fraction of sp³-hybridized carbons (Fsp3) is 0.500. The second-order valence-electron chi connectivity index (χ2n) is 3.44. The fourth-order valence-corrected chi connectivity index (χ4v) is 1.97. The Balaban J connectivity index is 2.10. The molecule has 0 bridgehead atoms. The van der Waals surface area contributed by atoms with Crippen LogP contribution >= 0.6 is 15.9 Å². The monoisotopic (exact) mass is 240 g/mol. The minimum absolute atomic E-state index is 0.613. The summed E-state index contributed by atoms with van der Waals surface area (Å²) < 4.78 is 1.06. The second-order valence-corrected chi connectivity index (χ2v) is 4.36. The number of hydrogen-bond donors (Lipinski definition) is 1. The molecule has 2 nitrogen and oxygen atoms in total. The van der Waals surface area contributed by atoms with Gasteiger partial charge in [-0.15, -0.1) is 0 Å². The largest absolute Gasteiger partial charge is 0.316 e. The highest BCUT2D eigenvalue weighted by Crippen LogP contribution is 2.22. The highest BCUT2D eigenvalue weighted by atomic mass is 79.9. The molecule has 1 aromatic rings. The van der Waals surface area contributed by atoms with Gasteiger partial charge in [-0.2, -0.15) is 0 Å². The molecule has 1 saturated heterocycles. The summed E-state index contributed by atoms with van der Waals surface area (Å²) in [4.78, 5) is 4.42. The third-order valence-corrected chi connectivity index (χ3v) is 2.93. The predicted octanol–water partition coefficient (Wildman–Crippen LogP) is 2.31. The van der Waals surface area contributed by atoms with Crippen LogP contribution in [0.3, 0.4) is 0 Å². The Kier molecular flexibility index (Phi) is 2.96. The van der Waals surface area contributed by atoms with E-state index in [1.54, 1.807) is 0 Å². The van der Waals surface area contributed by atoms with E-state index in [1.165, 1.54) is 18.5 Å². The van der Waals surface area contributed by atoms with E-state index in [0.717, 1.165) is 17.6 Å². The molecule has 1 N–H and O–H groups in total. The maximum absolute atomic E-state index is 4.42. The molecule has 0 amide bonds. The summed E-state index contributed by atoms with van der Waals surface area (Å²) in [6.07, 6.45) is 4.41. The Bertz CT molecular complexity index is 265. The lowest BCUT2D eigenvalue weighted by Crippen LogP contribution is -2.28. The number of nitrogens with zero attached hydrogens (tertiary/aromatic N) is 1. The summed E-state index contributed by atoms with van der Waals surface area (Å²) in [5, 5.41) is 3.40. The third kappa shape index (κ3) is 2.29. The van der Waals surface area contributed by atoms with Gasteiger partial charge >= 0.3 is 0 Å². The second kappa shape index (κ2) is 4.20. The van der Waals surface area contributed by atoms with Crippen molar-refractivity contribution in [2.45, 2.75) is 18.8 Å². The number of halogens is 1. The van der Waals surface area contributed by atoms with Gasteiger partial charge in [0.2, 0.25) is 0 Å². The summed E-state index contributed by atoms with van der Waals surface area (Å²) in [6, 6.07) is 4.18. The van der Waals surface area contributed by atoms with E-state index in [9.17, 15) is 0 Å². The Morgan fingerprint density at radius 3 is 3.00 bits per heavy atom. The van der Waals surface area contributed by atoms with Crippen LogP contribution in [0.25, 0.3) is 0 Å². The number of aromatic nitrogens is 1. The van der Waals surface area contributed by atoms with Crippen LogP contribution in [0.4, 0.5) is 0 Å². The van der Waals surface area contributed by atoms with Crippen LogP contribution < -0.4 is 5.32 Å². The highest BCUT2D eigenvalue weighted by Gasteiger charge is 2.15. The number of piperidine rings is 1. The van der Waals surface area contributed by atoms with E-state index in [-0.39, 0.29) is 0 Å². The Labute approximate surface area is 86.9 Å². The number of rotatable bonds is 1. The van der Waals surface area contributed by atoms with Crippen molar-refractivity contribution in [1.82, 2.24) is 10.3 Å².